The van der Waals surface area contributed by atoms with Gasteiger partial charge >= 0.3 is 5.97 Å². The van der Waals surface area contributed by atoms with Crippen molar-refractivity contribution in [3.63, 3.8) is 0 Å². The molecule has 0 aliphatic carbocycles. The molecule has 1 unspecified atom stereocenters. The topological polar surface area (TPSA) is 111 Å². The predicted molar refractivity (Wildman–Crippen MR) is 65.1 cm³/mol. The van der Waals surface area contributed by atoms with Gasteiger partial charge in [0, 0.05) is 12.1 Å². The second-order valence-electron chi connectivity index (χ2n) is 4.06. The van der Waals surface area contributed by atoms with Gasteiger partial charge in [-0.25, -0.2) is 0 Å². The minimum atomic E-state index is -1.09. The molecule has 19 heavy (non-hydrogen) atoms. The summed E-state index contributed by atoms with van der Waals surface area (Å²) >= 11 is 0. The van der Waals surface area contributed by atoms with Gasteiger partial charge in [-0.1, -0.05) is 0 Å². The van der Waals surface area contributed by atoms with E-state index in [-0.39, 0.29) is 25.7 Å². The molecule has 0 saturated carbocycles. The van der Waals surface area contributed by atoms with Crippen LogP contribution in [0.1, 0.15) is 16.8 Å². The lowest BCUT2D eigenvalue weighted by atomic mass is 10.1. The van der Waals surface area contributed by atoms with Crippen LogP contribution >= 0.6 is 0 Å². The van der Waals surface area contributed by atoms with E-state index in [1.54, 1.807) is 18.2 Å². The molecular weight excluding hydrogens is 252 g/mol. The molecule has 7 nitrogen and oxygen atoms in total. The Hall–Kier alpha value is -2.28. The quantitative estimate of drug-likeness (QED) is 0.689. The van der Waals surface area contributed by atoms with Crippen LogP contribution in [0.15, 0.2) is 18.2 Å². The van der Waals surface area contributed by atoms with Crippen molar-refractivity contribution in [3.05, 3.63) is 23.8 Å². The molecule has 1 atom stereocenters. The monoisotopic (exact) mass is 266 g/mol. The zero-order chi connectivity index (χ0) is 13.8. The zero-order valence-corrected chi connectivity index (χ0v) is 10.1. The molecule has 2 rings (SSSR count). The first-order chi connectivity index (χ1) is 9.08. The minimum absolute atomic E-state index is 0.147. The van der Waals surface area contributed by atoms with Crippen LogP contribution in [0.5, 0.6) is 11.5 Å². The maximum absolute atomic E-state index is 11.8. The summed E-state index contributed by atoms with van der Waals surface area (Å²) in [7, 11) is 0. The number of nitrogens with one attached hydrogen (secondary N) is 1. The third-order valence-corrected chi connectivity index (χ3v) is 2.69. The average molecular weight is 266 g/mol. The number of carboxylic acids is 1. The summed E-state index contributed by atoms with van der Waals surface area (Å²) in [5.74, 6) is -0.271. The Bertz CT molecular complexity index is 503. The number of rotatable bonds is 5. The normalized spacial score (nSPS) is 13.9. The molecule has 102 valence electrons. The molecule has 0 radical (unpaired) electrons. The fraction of sp³-hybridized carbons (Fsp3) is 0.333. The second kappa shape index (κ2) is 5.57. The Kier molecular flexibility index (Phi) is 3.86. The molecule has 4 N–H and O–H groups in total. The molecule has 1 aromatic rings. The van der Waals surface area contributed by atoms with E-state index >= 15 is 0 Å². The Morgan fingerprint density at radius 2 is 2.11 bits per heavy atom. The first-order valence-corrected chi connectivity index (χ1v) is 5.74. The van der Waals surface area contributed by atoms with Crippen LogP contribution in [0.25, 0.3) is 0 Å². The second-order valence-corrected chi connectivity index (χ2v) is 4.06. The third kappa shape index (κ3) is 3.14. The van der Waals surface area contributed by atoms with Gasteiger partial charge < -0.3 is 25.6 Å². The van der Waals surface area contributed by atoms with Crippen LogP contribution in [-0.4, -0.2) is 36.4 Å². The number of carbonyl (C=O) groups excluding carboxylic acids is 1. The molecular formula is C12H14N2O5. The number of hydrogen-bond acceptors (Lipinski definition) is 5. The Labute approximate surface area is 109 Å². The Morgan fingerprint density at radius 3 is 2.84 bits per heavy atom. The van der Waals surface area contributed by atoms with Crippen molar-refractivity contribution in [2.45, 2.75) is 12.5 Å². The number of ether oxygens (including phenoxy) is 2. The van der Waals surface area contributed by atoms with Gasteiger partial charge in [-0.3, -0.25) is 9.59 Å². The van der Waals surface area contributed by atoms with Crippen LogP contribution in [0.2, 0.25) is 0 Å². The maximum atomic E-state index is 11.8. The molecule has 7 heteroatoms. The molecule has 1 amide bonds. The van der Waals surface area contributed by atoms with E-state index in [1.165, 1.54) is 0 Å². The Morgan fingerprint density at radius 1 is 1.37 bits per heavy atom. The van der Waals surface area contributed by atoms with E-state index in [4.69, 9.17) is 20.3 Å². The minimum Gasteiger partial charge on any atom is -0.480 e. The fourth-order valence-corrected chi connectivity index (χ4v) is 1.60. The van der Waals surface area contributed by atoms with Crippen molar-refractivity contribution < 1.29 is 24.2 Å². The van der Waals surface area contributed by atoms with Crippen molar-refractivity contribution in [3.8, 4) is 11.5 Å². The van der Waals surface area contributed by atoms with Gasteiger partial charge in [0.2, 0.25) is 6.79 Å². The van der Waals surface area contributed by atoms with E-state index in [2.05, 4.69) is 5.32 Å². The van der Waals surface area contributed by atoms with Crippen molar-refractivity contribution in [2.24, 2.45) is 5.73 Å². The number of aliphatic carboxylic acids is 1. The van der Waals surface area contributed by atoms with Crippen LogP contribution in [0, 0.1) is 0 Å². The third-order valence-electron chi connectivity index (χ3n) is 2.69. The van der Waals surface area contributed by atoms with Gasteiger partial charge in [0.1, 0.15) is 6.04 Å². The number of hydrogen-bond donors (Lipinski definition) is 3. The first kappa shape index (κ1) is 13.2. The van der Waals surface area contributed by atoms with Crippen molar-refractivity contribution in [1.29, 1.82) is 0 Å². The molecule has 0 bridgehead atoms. The number of carboxylic acid groups (broad SMARTS) is 1. The largest absolute Gasteiger partial charge is 0.480 e. The zero-order valence-electron chi connectivity index (χ0n) is 10.1. The summed E-state index contributed by atoms with van der Waals surface area (Å²) in [5.41, 5.74) is 5.75. The van der Waals surface area contributed by atoms with Crippen molar-refractivity contribution in [1.82, 2.24) is 5.32 Å². The molecule has 0 fully saturated rings. The number of benzene rings is 1. The molecule has 1 aliphatic rings. The average Bonchev–Trinajstić information content (AvgIpc) is 2.85. The first-order valence-electron chi connectivity index (χ1n) is 5.74. The Balaban J connectivity index is 1.88. The summed E-state index contributed by atoms with van der Waals surface area (Å²) in [5, 5.41) is 11.2. The van der Waals surface area contributed by atoms with Gasteiger partial charge in [0.15, 0.2) is 11.5 Å². The lowest BCUT2D eigenvalue weighted by Crippen LogP contribution is -2.35. The number of carbonyl (C=O) groups is 2. The highest BCUT2D eigenvalue weighted by Gasteiger charge is 2.16. The highest BCUT2D eigenvalue weighted by Crippen LogP contribution is 2.32. The number of fused-ring (bicyclic) bond motifs is 1. The van der Waals surface area contributed by atoms with Gasteiger partial charge in [0.05, 0.1) is 0 Å². The molecule has 0 aromatic heterocycles. The summed E-state index contributed by atoms with van der Waals surface area (Å²) in [6.07, 6.45) is 0.172. The SMILES string of the molecule is NC(CCNC(=O)c1ccc2c(c1)OCO2)C(=O)O. The van der Waals surface area contributed by atoms with Crippen LogP contribution in [0.4, 0.5) is 0 Å². The number of nitrogens with two attached hydrogens (primary N) is 1. The summed E-state index contributed by atoms with van der Waals surface area (Å²) in [4.78, 5) is 22.3. The fourth-order valence-electron chi connectivity index (χ4n) is 1.60. The highest BCUT2D eigenvalue weighted by molar-refractivity contribution is 5.94. The van der Waals surface area contributed by atoms with E-state index in [0.717, 1.165) is 0 Å². The van der Waals surface area contributed by atoms with Crippen LogP contribution in [0.3, 0.4) is 0 Å². The molecule has 1 aromatic carbocycles. The van der Waals surface area contributed by atoms with Gasteiger partial charge in [-0.05, 0) is 24.6 Å². The summed E-state index contributed by atoms with van der Waals surface area (Å²) < 4.78 is 10.3. The smallest absolute Gasteiger partial charge is 0.320 e. The van der Waals surface area contributed by atoms with Crippen LogP contribution < -0.4 is 20.5 Å². The molecule has 0 saturated heterocycles. The predicted octanol–water partition coefficient (Wildman–Crippen LogP) is -0.0529. The molecule has 0 spiro atoms. The standard InChI is InChI=1S/C12H14N2O5/c13-8(12(16)17)3-4-14-11(15)7-1-2-9-10(5-7)19-6-18-9/h1-2,5,8H,3-4,6,13H2,(H,14,15)(H,16,17). The van der Waals surface area contributed by atoms with E-state index in [1.807, 2.05) is 0 Å². The van der Waals surface area contributed by atoms with Gasteiger partial charge in [0.25, 0.3) is 5.91 Å². The van der Waals surface area contributed by atoms with E-state index in [9.17, 15) is 9.59 Å². The van der Waals surface area contributed by atoms with Gasteiger partial charge in [-0.2, -0.15) is 0 Å². The lowest BCUT2D eigenvalue weighted by Gasteiger charge is -2.08. The van der Waals surface area contributed by atoms with E-state index in [0.29, 0.717) is 17.1 Å². The van der Waals surface area contributed by atoms with Crippen molar-refractivity contribution >= 4 is 11.9 Å². The maximum Gasteiger partial charge on any atom is 0.320 e. The molecule has 1 heterocycles. The molecule has 1 aliphatic heterocycles. The highest BCUT2D eigenvalue weighted by atomic mass is 16.7. The summed E-state index contributed by atoms with van der Waals surface area (Å²) in [6.45, 7) is 0.342. The number of amides is 1. The summed E-state index contributed by atoms with van der Waals surface area (Å²) in [6, 6.07) is 3.87. The van der Waals surface area contributed by atoms with Crippen molar-refractivity contribution in [2.75, 3.05) is 13.3 Å². The lowest BCUT2D eigenvalue weighted by molar-refractivity contribution is -0.138. The van der Waals surface area contributed by atoms with Crippen LogP contribution in [-0.2, 0) is 4.79 Å². The van der Waals surface area contributed by atoms with Gasteiger partial charge in [-0.15, -0.1) is 0 Å². The van der Waals surface area contributed by atoms with E-state index < -0.39 is 12.0 Å².